The van der Waals surface area contributed by atoms with Crippen LogP contribution in [-0.4, -0.2) is 49.9 Å². The number of hydrogen-bond donors (Lipinski definition) is 2. The SMILES string of the molecule is CCOC(=O)c1[nH]cc(C)c1NCCOC(CCCF)C(F)F. The summed E-state index contributed by atoms with van der Waals surface area (Å²) in [5, 5.41) is 2.98. The fraction of sp³-hybridized carbons (Fsp3) is 0.667. The highest BCUT2D eigenvalue weighted by Crippen LogP contribution is 2.20. The molecule has 23 heavy (non-hydrogen) atoms. The van der Waals surface area contributed by atoms with Crippen LogP contribution in [0.2, 0.25) is 0 Å². The van der Waals surface area contributed by atoms with E-state index >= 15 is 0 Å². The number of H-pyrrole nitrogens is 1. The Morgan fingerprint density at radius 3 is 2.78 bits per heavy atom. The number of alkyl halides is 3. The largest absolute Gasteiger partial charge is 0.461 e. The minimum atomic E-state index is -2.65. The number of aromatic amines is 1. The molecule has 0 aliphatic heterocycles. The Kier molecular flexibility index (Phi) is 8.53. The van der Waals surface area contributed by atoms with E-state index < -0.39 is 25.2 Å². The molecule has 1 atom stereocenters. The molecule has 132 valence electrons. The van der Waals surface area contributed by atoms with Crippen molar-refractivity contribution < 1.29 is 27.4 Å². The molecular weight excluding hydrogens is 313 g/mol. The number of hydrogen-bond acceptors (Lipinski definition) is 4. The molecule has 0 bridgehead atoms. The van der Waals surface area contributed by atoms with Crippen molar-refractivity contribution in [2.75, 3.05) is 31.7 Å². The monoisotopic (exact) mass is 336 g/mol. The molecule has 0 radical (unpaired) electrons. The maximum Gasteiger partial charge on any atom is 0.356 e. The smallest absolute Gasteiger partial charge is 0.356 e. The third-order valence-electron chi connectivity index (χ3n) is 3.20. The first-order valence-corrected chi connectivity index (χ1v) is 7.55. The Bertz CT molecular complexity index is 481. The van der Waals surface area contributed by atoms with E-state index in [1.165, 1.54) is 0 Å². The zero-order valence-electron chi connectivity index (χ0n) is 13.3. The van der Waals surface area contributed by atoms with Crippen LogP contribution in [0, 0.1) is 6.92 Å². The fourth-order valence-corrected chi connectivity index (χ4v) is 2.06. The second kappa shape index (κ2) is 10.1. The molecule has 0 aliphatic rings. The van der Waals surface area contributed by atoms with Crippen LogP contribution >= 0.6 is 0 Å². The number of nitrogens with one attached hydrogen (secondary N) is 2. The molecule has 5 nitrogen and oxygen atoms in total. The van der Waals surface area contributed by atoms with Gasteiger partial charge in [0, 0.05) is 12.7 Å². The molecular formula is C15H23F3N2O3. The summed E-state index contributed by atoms with van der Waals surface area (Å²) in [5.41, 5.74) is 1.65. The van der Waals surface area contributed by atoms with E-state index in [0.29, 0.717) is 5.69 Å². The van der Waals surface area contributed by atoms with E-state index in [4.69, 9.17) is 9.47 Å². The van der Waals surface area contributed by atoms with Crippen molar-refractivity contribution in [2.45, 2.75) is 39.2 Å². The fourth-order valence-electron chi connectivity index (χ4n) is 2.06. The molecule has 0 saturated carbocycles. The van der Waals surface area contributed by atoms with Gasteiger partial charge in [0.2, 0.25) is 0 Å². The third-order valence-corrected chi connectivity index (χ3v) is 3.20. The van der Waals surface area contributed by atoms with E-state index in [2.05, 4.69) is 10.3 Å². The number of aromatic nitrogens is 1. The molecule has 1 heterocycles. The molecule has 1 aromatic rings. The number of anilines is 1. The molecule has 2 N–H and O–H groups in total. The topological polar surface area (TPSA) is 63.4 Å². The lowest BCUT2D eigenvalue weighted by Crippen LogP contribution is -2.25. The van der Waals surface area contributed by atoms with Crippen LogP contribution in [0.5, 0.6) is 0 Å². The average molecular weight is 336 g/mol. The Labute approximate surface area is 133 Å². The van der Waals surface area contributed by atoms with Gasteiger partial charge in [0.25, 0.3) is 6.43 Å². The van der Waals surface area contributed by atoms with Crippen LogP contribution < -0.4 is 5.32 Å². The predicted molar refractivity (Wildman–Crippen MR) is 80.9 cm³/mol. The van der Waals surface area contributed by atoms with Crippen molar-refractivity contribution in [2.24, 2.45) is 0 Å². The normalized spacial score (nSPS) is 12.4. The quantitative estimate of drug-likeness (QED) is 0.481. The van der Waals surface area contributed by atoms with Crippen molar-refractivity contribution in [1.82, 2.24) is 4.98 Å². The second-order valence-corrected chi connectivity index (χ2v) is 4.94. The summed E-state index contributed by atoms with van der Waals surface area (Å²) < 4.78 is 47.5. The summed E-state index contributed by atoms with van der Waals surface area (Å²) in [5.74, 6) is -0.488. The summed E-state index contributed by atoms with van der Waals surface area (Å²) >= 11 is 0. The van der Waals surface area contributed by atoms with Crippen LogP contribution in [0.15, 0.2) is 6.20 Å². The summed E-state index contributed by atoms with van der Waals surface area (Å²) in [6, 6.07) is 0. The van der Waals surface area contributed by atoms with Gasteiger partial charge >= 0.3 is 5.97 Å². The van der Waals surface area contributed by atoms with Crippen LogP contribution in [0.1, 0.15) is 35.8 Å². The Morgan fingerprint density at radius 2 is 2.17 bits per heavy atom. The second-order valence-electron chi connectivity index (χ2n) is 4.94. The van der Waals surface area contributed by atoms with Gasteiger partial charge in [-0.05, 0) is 32.3 Å². The van der Waals surface area contributed by atoms with Gasteiger partial charge in [-0.25, -0.2) is 13.6 Å². The molecule has 0 fully saturated rings. The van der Waals surface area contributed by atoms with Crippen molar-refractivity contribution in [3.63, 3.8) is 0 Å². The minimum absolute atomic E-state index is 0.0220. The van der Waals surface area contributed by atoms with Crippen molar-refractivity contribution >= 4 is 11.7 Å². The molecule has 1 rings (SSSR count). The molecule has 8 heteroatoms. The summed E-state index contributed by atoms with van der Waals surface area (Å²) in [6.07, 6.45) is -2.24. The Balaban J connectivity index is 2.49. The maximum atomic E-state index is 12.7. The van der Waals surface area contributed by atoms with Crippen LogP contribution in [0.4, 0.5) is 18.9 Å². The number of ether oxygens (including phenoxy) is 2. The summed E-state index contributed by atoms with van der Waals surface area (Å²) in [7, 11) is 0. The van der Waals surface area contributed by atoms with Gasteiger partial charge in [-0.3, -0.25) is 4.39 Å². The van der Waals surface area contributed by atoms with Gasteiger partial charge < -0.3 is 19.8 Å². The van der Waals surface area contributed by atoms with Crippen molar-refractivity contribution in [3.8, 4) is 0 Å². The van der Waals surface area contributed by atoms with Crippen molar-refractivity contribution in [3.05, 3.63) is 17.5 Å². The number of carbonyl (C=O) groups is 1. The van der Waals surface area contributed by atoms with Gasteiger partial charge in [-0.2, -0.15) is 0 Å². The van der Waals surface area contributed by atoms with E-state index in [0.717, 1.165) is 5.56 Å². The van der Waals surface area contributed by atoms with Crippen molar-refractivity contribution in [1.29, 1.82) is 0 Å². The Hall–Kier alpha value is -1.70. The number of rotatable bonds is 11. The minimum Gasteiger partial charge on any atom is -0.461 e. The molecule has 1 unspecified atom stereocenters. The molecule has 0 saturated heterocycles. The summed E-state index contributed by atoms with van der Waals surface area (Å²) in [4.78, 5) is 14.6. The number of aryl methyl sites for hydroxylation is 1. The lowest BCUT2D eigenvalue weighted by atomic mass is 10.2. The van der Waals surface area contributed by atoms with Crippen LogP contribution in [0.25, 0.3) is 0 Å². The van der Waals surface area contributed by atoms with Gasteiger partial charge in [0.05, 0.1) is 25.6 Å². The Morgan fingerprint density at radius 1 is 1.43 bits per heavy atom. The lowest BCUT2D eigenvalue weighted by molar-refractivity contribution is -0.0572. The van der Waals surface area contributed by atoms with Gasteiger partial charge in [0.1, 0.15) is 11.8 Å². The number of carbonyl (C=O) groups excluding carboxylic acids is 1. The first-order chi connectivity index (χ1) is 11.0. The number of halogens is 3. The highest BCUT2D eigenvalue weighted by atomic mass is 19.3. The third kappa shape index (κ3) is 6.13. The first-order valence-electron chi connectivity index (χ1n) is 7.55. The lowest BCUT2D eigenvalue weighted by Gasteiger charge is -2.17. The van der Waals surface area contributed by atoms with E-state index in [1.54, 1.807) is 20.0 Å². The van der Waals surface area contributed by atoms with E-state index in [-0.39, 0.29) is 38.3 Å². The number of esters is 1. The molecule has 0 spiro atoms. The van der Waals surface area contributed by atoms with Crippen LogP contribution in [-0.2, 0) is 9.47 Å². The van der Waals surface area contributed by atoms with Gasteiger partial charge in [-0.1, -0.05) is 0 Å². The van der Waals surface area contributed by atoms with Gasteiger partial charge in [-0.15, -0.1) is 0 Å². The standard InChI is InChI=1S/C15H23F3N2O3/c1-3-22-15(21)13-12(10(2)9-20-13)19-7-8-23-11(14(17)18)5-4-6-16/h9,11,14,19-20H,3-8H2,1-2H3. The predicted octanol–water partition coefficient (Wildman–Crippen LogP) is 3.31. The highest BCUT2D eigenvalue weighted by Gasteiger charge is 2.21. The molecule has 0 amide bonds. The summed E-state index contributed by atoms with van der Waals surface area (Å²) in [6.45, 7) is 3.38. The highest BCUT2D eigenvalue weighted by molar-refractivity contribution is 5.94. The van der Waals surface area contributed by atoms with E-state index in [1.807, 2.05) is 0 Å². The zero-order chi connectivity index (χ0) is 17.2. The zero-order valence-corrected chi connectivity index (χ0v) is 13.3. The van der Waals surface area contributed by atoms with Crippen LogP contribution in [0.3, 0.4) is 0 Å². The molecule has 0 aromatic carbocycles. The average Bonchev–Trinajstić information content (AvgIpc) is 2.87. The molecule has 0 aliphatic carbocycles. The maximum absolute atomic E-state index is 12.7. The first kappa shape index (κ1) is 19.3. The van der Waals surface area contributed by atoms with E-state index in [9.17, 15) is 18.0 Å². The molecule has 1 aromatic heterocycles. The van der Waals surface area contributed by atoms with Gasteiger partial charge in [0.15, 0.2) is 0 Å².